The molecule has 0 saturated carbocycles. The van der Waals surface area contributed by atoms with Crippen LogP contribution in [0.2, 0.25) is 0 Å². The molecular weight excluding hydrogens is 246 g/mol. The fourth-order valence-corrected chi connectivity index (χ4v) is 2.34. The van der Waals surface area contributed by atoms with Crippen LogP contribution >= 0.6 is 0 Å². The predicted octanol–water partition coefficient (Wildman–Crippen LogP) is 3.59. The van der Waals surface area contributed by atoms with E-state index < -0.39 is 0 Å². The van der Waals surface area contributed by atoms with Crippen molar-refractivity contribution in [2.75, 3.05) is 0 Å². The molecule has 96 valence electrons. The van der Waals surface area contributed by atoms with Crippen molar-refractivity contribution >= 4 is 10.8 Å². The highest BCUT2D eigenvalue weighted by Crippen LogP contribution is 2.26. The first kappa shape index (κ1) is 12.3. The lowest BCUT2D eigenvalue weighted by Gasteiger charge is -2.09. The molecule has 1 unspecified atom stereocenters. The summed E-state index contributed by atoms with van der Waals surface area (Å²) < 4.78 is 0. The van der Waals surface area contributed by atoms with Crippen molar-refractivity contribution in [2.24, 2.45) is 0 Å². The van der Waals surface area contributed by atoms with E-state index in [2.05, 4.69) is 53.5 Å². The molecule has 0 saturated heterocycles. The van der Waals surface area contributed by atoms with E-state index in [1.165, 1.54) is 10.9 Å². The van der Waals surface area contributed by atoms with Crippen LogP contribution in [0.25, 0.3) is 10.8 Å². The predicted molar refractivity (Wildman–Crippen MR) is 78.2 cm³/mol. The Labute approximate surface area is 117 Å². The standard InChI is InChI=1S/C17H13N3/c1-12-4-5-14-10-15(7-6-13(14)9-12)16(11-18)17-3-2-8-19-20-17/h2-10,16H,1H3. The molecule has 0 aliphatic rings. The number of aromatic nitrogens is 2. The van der Waals surface area contributed by atoms with E-state index in [0.717, 1.165) is 10.9 Å². The largest absolute Gasteiger partial charge is 0.197 e. The van der Waals surface area contributed by atoms with Crippen LogP contribution in [0.1, 0.15) is 22.7 Å². The van der Waals surface area contributed by atoms with E-state index in [1.54, 1.807) is 12.3 Å². The molecule has 20 heavy (non-hydrogen) atoms. The molecule has 0 aliphatic heterocycles. The molecule has 0 radical (unpaired) electrons. The van der Waals surface area contributed by atoms with Crippen molar-refractivity contribution in [3.8, 4) is 6.07 Å². The second-order valence-electron chi connectivity index (χ2n) is 4.82. The van der Waals surface area contributed by atoms with E-state index in [1.807, 2.05) is 12.1 Å². The normalized spacial score (nSPS) is 12.0. The lowest BCUT2D eigenvalue weighted by molar-refractivity contribution is 0.885. The zero-order valence-corrected chi connectivity index (χ0v) is 11.1. The Bertz CT molecular complexity index is 788. The second kappa shape index (κ2) is 5.10. The van der Waals surface area contributed by atoms with Gasteiger partial charge in [0.15, 0.2) is 0 Å². The fourth-order valence-electron chi connectivity index (χ4n) is 2.34. The Morgan fingerprint density at radius 3 is 2.60 bits per heavy atom. The average Bonchev–Trinajstić information content (AvgIpc) is 2.49. The number of rotatable bonds is 2. The number of hydrogen-bond acceptors (Lipinski definition) is 3. The molecular formula is C17H13N3. The first-order valence-corrected chi connectivity index (χ1v) is 6.45. The number of nitriles is 1. The molecule has 0 N–H and O–H groups in total. The maximum absolute atomic E-state index is 9.43. The van der Waals surface area contributed by atoms with Crippen LogP contribution in [-0.2, 0) is 0 Å². The minimum absolute atomic E-state index is 0.380. The summed E-state index contributed by atoms with van der Waals surface area (Å²) >= 11 is 0. The van der Waals surface area contributed by atoms with Crippen LogP contribution in [0.15, 0.2) is 54.7 Å². The van der Waals surface area contributed by atoms with Crippen molar-refractivity contribution in [2.45, 2.75) is 12.8 Å². The first-order valence-electron chi connectivity index (χ1n) is 6.45. The topological polar surface area (TPSA) is 49.6 Å². The van der Waals surface area contributed by atoms with Crippen LogP contribution in [0.4, 0.5) is 0 Å². The maximum atomic E-state index is 9.43. The van der Waals surface area contributed by atoms with Gasteiger partial charge in [0.2, 0.25) is 0 Å². The third kappa shape index (κ3) is 2.24. The van der Waals surface area contributed by atoms with E-state index in [-0.39, 0.29) is 5.92 Å². The van der Waals surface area contributed by atoms with E-state index >= 15 is 0 Å². The van der Waals surface area contributed by atoms with Gasteiger partial charge in [-0.1, -0.05) is 35.9 Å². The summed E-state index contributed by atoms with van der Waals surface area (Å²) in [5.74, 6) is -0.380. The molecule has 2 aromatic carbocycles. The molecule has 0 aliphatic carbocycles. The van der Waals surface area contributed by atoms with Crippen LogP contribution in [-0.4, -0.2) is 10.2 Å². The minimum Gasteiger partial charge on any atom is -0.197 e. The lowest BCUT2D eigenvalue weighted by Crippen LogP contribution is -2.01. The van der Waals surface area contributed by atoms with Crippen molar-refractivity contribution in [3.05, 3.63) is 71.5 Å². The van der Waals surface area contributed by atoms with Crippen LogP contribution in [0.3, 0.4) is 0 Å². The van der Waals surface area contributed by atoms with Gasteiger partial charge in [-0.25, -0.2) is 0 Å². The summed E-state index contributed by atoms with van der Waals surface area (Å²) in [6, 6.07) is 18.3. The Hall–Kier alpha value is -2.73. The molecule has 1 aromatic heterocycles. The summed E-state index contributed by atoms with van der Waals surface area (Å²) in [7, 11) is 0. The fraction of sp³-hybridized carbons (Fsp3) is 0.118. The summed E-state index contributed by atoms with van der Waals surface area (Å²) in [5, 5.41) is 19.7. The van der Waals surface area contributed by atoms with Crippen LogP contribution < -0.4 is 0 Å². The third-order valence-corrected chi connectivity index (χ3v) is 3.37. The number of benzene rings is 2. The van der Waals surface area contributed by atoms with E-state index in [9.17, 15) is 5.26 Å². The molecule has 3 rings (SSSR count). The molecule has 3 nitrogen and oxygen atoms in total. The van der Waals surface area contributed by atoms with Crippen molar-refractivity contribution in [3.63, 3.8) is 0 Å². The number of aryl methyl sites for hydroxylation is 1. The van der Waals surface area contributed by atoms with Crippen molar-refractivity contribution in [1.82, 2.24) is 10.2 Å². The minimum atomic E-state index is -0.380. The average molecular weight is 259 g/mol. The quantitative estimate of drug-likeness (QED) is 0.706. The Morgan fingerprint density at radius 2 is 1.85 bits per heavy atom. The van der Waals surface area contributed by atoms with Gasteiger partial charge in [0.25, 0.3) is 0 Å². The van der Waals surface area contributed by atoms with Crippen molar-refractivity contribution < 1.29 is 0 Å². The maximum Gasteiger partial charge on any atom is 0.115 e. The Morgan fingerprint density at radius 1 is 1.05 bits per heavy atom. The Balaban J connectivity index is 2.09. The summed E-state index contributed by atoms with van der Waals surface area (Å²) in [6.45, 7) is 2.07. The molecule has 3 heteroatoms. The zero-order chi connectivity index (χ0) is 13.9. The molecule has 0 amide bonds. The van der Waals surface area contributed by atoms with Gasteiger partial charge in [0, 0.05) is 6.20 Å². The number of nitrogens with zero attached hydrogens (tertiary/aromatic N) is 3. The molecule has 3 aromatic rings. The molecule has 1 heterocycles. The molecule has 0 bridgehead atoms. The third-order valence-electron chi connectivity index (χ3n) is 3.37. The summed E-state index contributed by atoms with van der Waals surface area (Å²) in [6.07, 6.45) is 1.61. The highest BCUT2D eigenvalue weighted by molar-refractivity contribution is 5.84. The molecule has 1 atom stereocenters. The first-order chi connectivity index (χ1) is 9.78. The lowest BCUT2D eigenvalue weighted by atomic mass is 9.94. The summed E-state index contributed by atoms with van der Waals surface area (Å²) in [4.78, 5) is 0. The van der Waals surface area contributed by atoms with Crippen LogP contribution in [0, 0.1) is 18.3 Å². The van der Waals surface area contributed by atoms with E-state index in [0.29, 0.717) is 5.69 Å². The highest BCUT2D eigenvalue weighted by Gasteiger charge is 2.15. The zero-order valence-electron chi connectivity index (χ0n) is 11.1. The highest BCUT2D eigenvalue weighted by atomic mass is 15.1. The van der Waals surface area contributed by atoms with Gasteiger partial charge in [0.05, 0.1) is 11.8 Å². The van der Waals surface area contributed by atoms with Gasteiger partial charge < -0.3 is 0 Å². The SMILES string of the molecule is Cc1ccc2cc(C(C#N)c3cccnn3)ccc2c1. The van der Waals surface area contributed by atoms with Crippen LogP contribution in [0.5, 0.6) is 0 Å². The monoisotopic (exact) mass is 259 g/mol. The number of fused-ring (bicyclic) bond motifs is 1. The van der Waals surface area contributed by atoms with Gasteiger partial charge in [-0.15, -0.1) is 0 Å². The summed E-state index contributed by atoms with van der Waals surface area (Å²) in [5.41, 5.74) is 2.86. The smallest absolute Gasteiger partial charge is 0.115 e. The van der Waals surface area contributed by atoms with Crippen molar-refractivity contribution in [1.29, 1.82) is 5.26 Å². The number of hydrogen-bond donors (Lipinski definition) is 0. The molecule has 0 spiro atoms. The van der Waals surface area contributed by atoms with Gasteiger partial charge >= 0.3 is 0 Å². The van der Waals surface area contributed by atoms with Gasteiger partial charge in [-0.05, 0) is 41.5 Å². The Kier molecular flexibility index (Phi) is 3.14. The van der Waals surface area contributed by atoms with Gasteiger partial charge in [0.1, 0.15) is 5.92 Å². The molecule has 0 fully saturated rings. The van der Waals surface area contributed by atoms with Gasteiger partial charge in [-0.3, -0.25) is 0 Å². The van der Waals surface area contributed by atoms with Gasteiger partial charge in [-0.2, -0.15) is 15.5 Å². The second-order valence-corrected chi connectivity index (χ2v) is 4.82. The van der Waals surface area contributed by atoms with E-state index in [4.69, 9.17) is 0 Å².